The van der Waals surface area contributed by atoms with Crippen molar-refractivity contribution in [2.75, 3.05) is 12.8 Å². The Morgan fingerprint density at radius 2 is 1.60 bits per heavy atom. The number of methoxy groups -OCH3 is 1. The largest absolute Gasteiger partial charge is 0.497 e. The summed E-state index contributed by atoms with van der Waals surface area (Å²) in [5, 5.41) is 0. The van der Waals surface area contributed by atoms with E-state index in [1.54, 1.807) is 7.11 Å². The van der Waals surface area contributed by atoms with Gasteiger partial charge < -0.3 is 20.0 Å². The van der Waals surface area contributed by atoms with Crippen molar-refractivity contribution in [2.24, 2.45) is 0 Å². The number of nitrogens with two attached hydrogens (primary N) is 1. The van der Waals surface area contributed by atoms with E-state index in [1.165, 1.54) is 6.92 Å². The Hall–Kier alpha value is -2.49. The number of carbonyl (C=O) groups excluding carboxylic acids is 1. The molecule has 0 saturated heterocycles. The van der Waals surface area contributed by atoms with Crippen LogP contribution in [-0.2, 0) is 4.79 Å². The Morgan fingerprint density at radius 1 is 1.05 bits per heavy atom. The van der Waals surface area contributed by atoms with E-state index in [-0.39, 0.29) is 0 Å². The van der Waals surface area contributed by atoms with E-state index < -0.39 is 0 Å². The van der Waals surface area contributed by atoms with Gasteiger partial charge in [0.2, 0.25) is 0 Å². The second-order valence-electron chi connectivity index (χ2n) is 4.05. The van der Waals surface area contributed by atoms with E-state index >= 15 is 0 Å². The fourth-order valence-corrected chi connectivity index (χ4v) is 1.53. The lowest BCUT2D eigenvalue weighted by Crippen LogP contribution is -1.92. The van der Waals surface area contributed by atoms with E-state index in [9.17, 15) is 0 Å². The van der Waals surface area contributed by atoms with Crippen LogP contribution in [0.3, 0.4) is 0 Å². The monoisotopic (exact) mass is 273 g/mol. The summed E-state index contributed by atoms with van der Waals surface area (Å²) in [7, 11) is 1.63. The number of rotatable bonds is 3. The molecular weight excluding hydrogens is 254 g/mol. The van der Waals surface area contributed by atoms with Crippen molar-refractivity contribution >= 4 is 12.0 Å². The summed E-state index contributed by atoms with van der Waals surface area (Å²) in [6, 6.07) is 13.1. The predicted molar refractivity (Wildman–Crippen MR) is 80.4 cm³/mol. The number of benzene rings is 2. The number of carbonyl (C=O) groups is 1. The Morgan fingerprint density at radius 3 is 2.10 bits per heavy atom. The molecule has 4 heteroatoms. The van der Waals surface area contributed by atoms with Crippen LogP contribution in [0, 0.1) is 6.92 Å². The third kappa shape index (κ3) is 4.65. The summed E-state index contributed by atoms with van der Waals surface area (Å²) in [5.41, 5.74) is 7.63. The first kappa shape index (κ1) is 15.6. The molecule has 0 heterocycles. The minimum absolute atomic E-state index is 0.640. The van der Waals surface area contributed by atoms with E-state index in [1.807, 2.05) is 49.4 Å². The van der Waals surface area contributed by atoms with Crippen LogP contribution in [0.5, 0.6) is 17.2 Å². The Kier molecular flexibility index (Phi) is 6.10. The molecule has 106 valence electrons. The first-order valence-corrected chi connectivity index (χ1v) is 6.18. The highest BCUT2D eigenvalue weighted by Crippen LogP contribution is 2.28. The van der Waals surface area contributed by atoms with Crippen molar-refractivity contribution in [3.05, 3.63) is 48.0 Å². The lowest BCUT2D eigenvalue weighted by Gasteiger charge is -2.09. The second-order valence-corrected chi connectivity index (χ2v) is 4.05. The van der Waals surface area contributed by atoms with E-state index in [0.29, 0.717) is 11.4 Å². The van der Waals surface area contributed by atoms with Gasteiger partial charge in [-0.25, -0.2) is 0 Å². The average Bonchev–Trinajstić information content (AvgIpc) is 2.44. The first-order valence-electron chi connectivity index (χ1n) is 6.18. The third-order valence-corrected chi connectivity index (χ3v) is 2.45. The van der Waals surface area contributed by atoms with Gasteiger partial charge in [0.25, 0.3) is 0 Å². The number of anilines is 1. The maximum Gasteiger partial charge on any atom is 0.150 e. The third-order valence-electron chi connectivity index (χ3n) is 2.45. The molecule has 0 bridgehead atoms. The van der Waals surface area contributed by atoms with Crippen molar-refractivity contribution in [2.45, 2.75) is 13.8 Å². The number of hydrogen-bond donors (Lipinski definition) is 1. The molecule has 20 heavy (non-hydrogen) atoms. The minimum Gasteiger partial charge on any atom is -0.497 e. The lowest BCUT2D eigenvalue weighted by molar-refractivity contribution is -0.106. The number of hydrogen-bond acceptors (Lipinski definition) is 4. The molecule has 2 rings (SSSR count). The summed E-state index contributed by atoms with van der Waals surface area (Å²) in [5.74, 6) is 2.20. The van der Waals surface area contributed by atoms with E-state index in [2.05, 4.69) is 0 Å². The SMILES string of the molecule is CC=O.COc1ccc(Oc2ccc(C)cc2N)cc1. The summed E-state index contributed by atoms with van der Waals surface area (Å²) in [4.78, 5) is 8.81. The van der Waals surface area contributed by atoms with E-state index in [4.69, 9.17) is 20.0 Å². The van der Waals surface area contributed by atoms with E-state index in [0.717, 1.165) is 23.3 Å². The summed E-state index contributed by atoms with van der Waals surface area (Å²) >= 11 is 0. The molecule has 0 aliphatic heterocycles. The van der Waals surface area contributed by atoms with Crippen molar-refractivity contribution in [1.82, 2.24) is 0 Å². The van der Waals surface area contributed by atoms with Crippen LogP contribution in [0.25, 0.3) is 0 Å². The molecule has 2 aromatic rings. The van der Waals surface area contributed by atoms with Crippen molar-refractivity contribution in [1.29, 1.82) is 0 Å². The zero-order valence-corrected chi connectivity index (χ0v) is 11.9. The molecule has 0 unspecified atom stereocenters. The summed E-state index contributed by atoms with van der Waals surface area (Å²) in [6.45, 7) is 3.44. The molecule has 0 saturated carbocycles. The molecule has 0 aliphatic rings. The number of nitrogen functional groups attached to an aromatic ring is 1. The standard InChI is InChI=1S/C14H15NO2.C2H4O/c1-10-3-8-14(13(15)9-10)17-12-6-4-11(16-2)5-7-12;1-2-3/h3-9H,15H2,1-2H3;2H,1H3. The zero-order valence-electron chi connectivity index (χ0n) is 11.9. The summed E-state index contributed by atoms with van der Waals surface area (Å²) < 4.78 is 10.8. The highest BCUT2D eigenvalue weighted by atomic mass is 16.5. The van der Waals surface area contributed by atoms with Crippen molar-refractivity contribution in [3.8, 4) is 17.2 Å². The molecule has 0 spiro atoms. The van der Waals surface area contributed by atoms with Gasteiger partial charge >= 0.3 is 0 Å². The van der Waals surface area contributed by atoms with Gasteiger partial charge in [-0.05, 0) is 55.8 Å². The van der Waals surface area contributed by atoms with Gasteiger partial charge in [0.1, 0.15) is 23.5 Å². The maximum absolute atomic E-state index is 8.81. The van der Waals surface area contributed by atoms with Gasteiger partial charge in [0.15, 0.2) is 0 Å². The summed E-state index contributed by atoms with van der Waals surface area (Å²) in [6.07, 6.45) is 0.750. The fraction of sp³-hybridized carbons (Fsp3) is 0.188. The molecule has 0 radical (unpaired) electrons. The molecule has 0 amide bonds. The molecule has 0 aromatic heterocycles. The molecule has 0 atom stereocenters. The van der Waals surface area contributed by atoms with Crippen LogP contribution in [0.1, 0.15) is 12.5 Å². The number of aryl methyl sites for hydroxylation is 1. The van der Waals surface area contributed by atoms with Gasteiger partial charge in [-0.1, -0.05) is 6.07 Å². The molecule has 2 aromatic carbocycles. The molecular formula is C16H19NO3. The quantitative estimate of drug-likeness (QED) is 0.685. The Labute approximate surface area is 119 Å². The first-order chi connectivity index (χ1) is 9.60. The van der Waals surface area contributed by atoms with Crippen LogP contribution < -0.4 is 15.2 Å². The number of ether oxygens (including phenoxy) is 2. The van der Waals surface area contributed by atoms with Crippen molar-refractivity contribution < 1.29 is 14.3 Å². The number of aldehydes is 1. The normalized spacial score (nSPS) is 9.15. The van der Waals surface area contributed by atoms with Gasteiger partial charge in [-0.2, -0.15) is 0 Å². The Bertz CT molecular complexity index is 550. The zero-order chi connectivity index (χ0) is 15.0. The molecule has 0 fully saturated rings. The van der Waals surface area contributed by atoms with Crippen LogP contribution in [0.2, 0.25) is 0 Å². The topological polar surface area (TPSA) is 61.5 Å². The second kappa shape index (κ2) is 7.84. The maximum atomic E-state index is 8.81. The van der Waals surface area contributed by atoms with Crippen LogP contribution >= 0.6 is 0 Å². The average molecular weight is 273 g/mol. The molecule has 0 aliphatic carbocycles. The highest BCUT2D eigenvalue weighted by molar-refractivity contribution is 5.55. The lowest BCUT2D eigenvalue weighted by atomic mass is 10.2. The molecule has 4 nitrogen and oxygen atoms in total. The van der Waals surface area contributed by atoms with Crippen LogP contribution in [0.4, 0.5) is 5.69 Å². The van der Waals surface area contributed by atoms with Gasteiger partial charge in [0.05, 0.1) is 12.8 Å². The fourth-order valence-electron chi connectivity index (χ4n) is 1.53. The van der Waals surface area contributed by atoms with Crippen molar-refractivity contribution in [3.63, 3.8) is 0 Å². The smallest absolute Gasteiger partial charge is 0.150 e. The van der Waals surface area contributed by atoms with Gasteiger partial charge in [-0.15, -0.1) is 0 Å². The minimum atomic E-state index is 0.640. The van der Waals surface area contributed by atoms with Crippen LogP contribution in [-0.4, -0.2) is 13.4 Å². The highest BCUT2D eigenvalue weighted by Gasteiger charge is 2.02. The molecule has 2 N–H and O–H groups in total. The van der Waals surface area contributed by atoms with Crippen LogP contribution in [0.15, 0.2) is 42.5 Å². The van der Waals surface area contributed by atoms with Gasteiger partial charge in [-0.3, -0.25) is 0 Å². The predicted octanol–water partition coefficient (Wildman–Crippen LogP) is 3.58. The Balaban J connectivity index is 0.000000612. The van der Waals surface area contributed by atoms with Gasteiger partial charge in [0, 0.05) is 0 Å².